The van der Waals surface area contributed by atoms with Gasteiger partial charge in [0.25, 0.3) is 0 Å². The molecule has 0 aliphatic carbocycles. The Labute approximate surface area is 258 Å². The molecule has 0 aliphatic rings. The highest BCUT2D eigenvalue weighted by atomic mass is 15.1. The lowest BCUT2D eigenvalue weighted by Crippen LogP contribution is -2.00. The first-order valence-electron chi connectivity index (χ1n) is 21.3. The normalized spacial score (nSPS) is 18.3. The van der Waals surface area contributed by atoms with Gasteiger partial charge in [0.05, 0.1) is 37.3 Å². The van der Waals surface area contributed by atoms with Gasteiger partial charge in [0.15, 0.2) is 0 Å². The first-order valence-corrected chi connectivity index (χ1v) is 12.3. The zero-order chi connectivity index (χ0) is 42.2. The van der Waals surface area contributed by atoms with E-state index in [2.05, 4.69) is 4.98 Å². The molecule has 0 unspecified atom stereocenters. The van der Waals surface area contributed by atoms with Crippen molar-refractivity contribution in [3.8, 4) is 27.9 Å². The number of aromatic nitrogens is 2. The maximum Gasteiger partial charge on any atom is 0.111 e. The lowest BCUT2D eigenvalue weighted by Gasteiger charge is -2.20. The molecule has 8 aromatic rings. The van der Waals surface area contributed by atoms with Crippen LogP contribution in [0, 0.1) is 6.85 Å². The second-order valence-corrected chi connectivity index (χ2v) is 9.03. The molecule has 0 saturated carbocycles. The average molecular weight is 529 g/mol. The van der Waals surface area contributed by atoms with Crippen LogP contribution in [0.15, 0.2) is 139 Å². The smallest absolute Gasteiger partial charge is 0.111 e. The zero-order valence-electron chi connectivity index (χ0n) is 38.5. The van der Waals surface area contributed by atoms with Crippen molar-refractivity contribution in [1.82, 2.24) is 9.55 Å². The van der Waals surface area contributed by atoms with Gasteiger partial charge in [-0.25, -0.2) is 4.98 Å². The predicted molar refractivity (Wildman–Crippen MR) is 169 cm³/mol. The van der Waals surface area contributed by atoms with E-state index in [0.29, 0.717) is 11.0 Å². The molecule has 0 radical (unpaired) electrons. The molecule has 1 aromatic heterocycles. The molecule has 40 heavy (non-hydrogen) atoms. The fourth-order valence-electron chi connectivity index (χ4n) is 5.20. The van der Waals surface area contributed by atoms with Crippen molar-refractivity contribution in [1.29, 1.82) is 0 Å². The summed E-state index contributed by atoms with van der Waals surface area (Å²) in [5.74, 6) is -0.364. The maximum atomic E-state index is 9.42. The van der Waals surface area contributed by atoms with Crippen molar-refractivity contribution in [3.63, 3.8) is 0 Å². The Balaban J connectivity index is 1.71. The number of para-hydroxylation sites is 3. The van der Waals surface area contributed by atoms with Gasteiger partial charge >= 0.3 is 0 Å². The van der Waals surface area contributed by atoms with E-state index in [0.717, 1.165) is 0 Å². The van der Waals surface area contributed by atoms with Gasteiger partial charge in [-0.1, -0.05) is 115 Å². The molecule has 188 valence electrons. The van der Waals surface area contributed by atoms with E-state index in [-0.39, 0.29) is 33.4 Å². The van der Waals surface area contributed by atoms with Gasteiger partial charge in [0.2, 0.25) is 0 Å². The van der Waals surface area contributed by atoms with Gasteiger partial charge in [-0.2, -0.15) is 0 Å². The van der Waals surface area contributed by atoms with Crippen molar-refractivity contribution in [2.24, 2.45) is 0 Å². The van der Waals surface area contributed by atoms with Crippen molar-refractivity contribution in [2.45, 2.75) is 6.85 Å². The molecule has 0 aliphatic heterocycles. The summed E-state index contributed by atoms with van der Waals surface area (Å²) < 4.78 is 160. The highest BCUT2D eigenvalue weighted by molar-refractivity contribution is 6.22. The number of hydrogen-bond acceptors (Lipinski definition) is 1. The largest absolute Gasteiger partial charge is 0.296 e. The Kier molecular flexibility index (Phi) is 2.48. The predicted octanol–water partition coefficient (Wildman–Crippen LogP) is 10.1. The minimum absolute atomic E-state index is 0.0683. The van der Waals surface area contributed by atoms with E-state index in [1.54, 1.807) is 36.4 Å². The van der Waals surface area contributed by atoms with Gasteiger partial charge in [0, 0.05) is 9.68 Å². The van der Waals surface area contributed by atoms with Crippen molar-refractivity contribution in [3.05, 3.63) is 145 Å². The van der Waals surface area contributed by atoms with Crippen LogP contribution in [-0.4, -0.2) is 9.55 Å². The molecule has 2 heteroatoms. The first kappa shape index (κ1) is 11.1. The van der Waals surface area contributed by atoms with Crippen molar-refractivity contribution in [2.75, 3.05) is 0 Å². The maximum absolute atomic E-state index is 9.42. The molecular formula is C38H26N2. The molecule has 0 bridgehead atoms. The fourth-order valence-corrected chi connectivity index (χ4v) is 5.20. The van der Waals surface area contributed by atoms with E-state index >= 15 is 0 Å². The zero-order valence-corrected chi connectivity index (χ0v) is 20.5. The van der Waals surface area contributed by atoms with Gasteiger partial charge < -0.3 is 0 Å². The minimum Gasteiger partial charge on any atom is -0.296 e. The van der Waals surface area contributed by atoms with Crippen LogP contribution >= 0.6 is 0 Å². The Morgan fingerprint density at radius 2 is 1.25 bits per heavy atom. The van der Waals surface area contributed by atoms with Crippen molar-refractivity contribution >= 4 is 43.4 Å². The summed E-state index contributed by atoms with van der Waals surface area (Å²) in [5.41, 5.74) is -0.351. The average Bonchev–Trinajstić information content (AvgIpc) is 3.60. The minimum atomic E-state index is -2.79. The lowest BCUT2D eigenvalue weighted by molar-refractivity contribution is 1.00. The van der Waals surface area contributed by atoms with Gasteiger partial charge in [-0.15, -0.1) is 0 Å². The van der Waals surface area contributed by atoms with Gasteiger partial charge in [0.1, 0.15) is 5.82 Å². The molecule has 7 aromatic carbocycles. The number of aryl methyl sites for hydroxylation is 1. The van der Waals surface area contributed by atoms with Gasteiger partial charge in [-0.05, 0) is 80.1 Å². The molecular weight excluding hydrogens is 484 g/mol. The Morgan fingerprint density at radius 3 is 2.00 bits per heavy atom. The quantitative estimate of drug-likeness (QED) is 0.209. The molecule has 0 spiro atoms. The van der Waals surface area contributed by atoms with Crippen LogP contribution in [0.5, 0.6) is 0 Å². The third kappa shape index (κ3) is 3.40. The molecule has 0 saturated heterocycles. The van der Waals surface area contributed by atoms with Crippen LogP contribution in [0.25, 0.3) is 71.3 Å². The molecule has 0 fully saturated rings. The number of fused-ring (bicyclic) bond motifs is 4. The van der Waals surface area contributed by atoms with Crippen LogP contribution < -0.4 is 0 Å². The summed E-state index contributed by atoms with van der Waals surface area (Å²) in [6, 6.07) is 1.68. The van der Waals surface area contributed by atoms with E-state index in [1.165, 1.54) is 16.7 Å². The second kappa shape index (κ2) is 8.93. The van der Waals surface area contributed by atoms with Crippen LogP contribution in [0.4, 0.5) is 0 Å². The molecule has 8 rings (SSSR count). The van der Waals surface area contributed by atoms with Crippen LogP contribution in [0.3, 0.4) is 0 Å². The lowest BCUT2D eigenvalue weighted by atomic mass is 9.85. The number of imidazole rings is 1. The van der Waals surface area contributed by atoms with Crippen molar-refractivity contribution < 1.29 is 24.7 Å². The summed E-state index contributed by atoms with van der Waals surface area (Å²) in [5, 5.41) is -2.42. The summed E-state index contributed by atoms with van der Waals surface area (Å²) in [6.45, 7) is -2.79. The van der Waals surface area contributed by atoms with Gasteiger partial charge in [-0.3, -0.25) is 4.57 Å². The summed E-state index contributed by atoms with van der Waals surface area (Å²) in [7, 11) is 0. The number of benzene rings is 7. The van der Waals surface area contributed by atoms with E-state index in [4.69, 9.17) is 16.4 Å². The molecule has 0 amide bonds. The van der Waals surface area contributed by atoms with Crippen LogP contribution in [0.2, 0.25) is 0 Å². The highest BCUT2D eigenvalue weighted by Crippen LogP contribution is 2.45. The SMILES string of the molecule is [2H]c1c([2H])c([2H])c2c([2H])c(-c3c4c([2H])c([2H])c([2H])c([2H])c4c(-c4ccccc4-n4c(C([2H])([2H])[2H])nc5ccccc54)c4c([2H])c([2H])c([2H])c([2H])c34)c([2H])c([2H])c2c1[2H]. The monoisotopic (exact) mass is 528 g/mol. The van der Waals surface area contributed by atoms with Crippen LogP contribution in [-0.2, 0) is 0 Å². The fraction of sp³-hybridized carbons (Fsp3) is 0.0263. The third-order valence-electron chi connectivity index (χ3n) is 6.85. The third-order valence-corrected chi connectivity index (χ3v) is 6.85. The summed E-state index contributed by atoms with van der Waals surface area (Å²) in [4.78, 5) is 4.41. The molecule has 0 N–H and O–H groups in total. The number of rotatable bonds is 3. The number of hydrogen-bond donors (Lipinski definition) is 0. The topological polar surface area (TPSA) is 17.8 Å². The number of nitrogens with zero attached hydrogens (tertiary/aromatic N) is 2. The van der Waals surface area contributed by atoms with E-state index in [9.17, 15) is 8.22 Å². The Bertz CT molecular complexity index is 3090. The standard InChI is InChI=1S/C38H26N2/c1-25-39-34-19-9-11-21-36(34)40(25)35-20-10-8-18-33(35)38-31-16-6-4-14-29(31)37(30-15-5-7-17-32(30)38)28-23-22-26-12-2-3-13-27(26)24-28/h2-24H,1H3/i1D3,2D,3D,4D,5D,6D,7D,12D,13D,14D,15D,16D,17D,22D,23D,24D. The summed E-state index contributed by atoms with van der Waals surface area (Å²) in [6.07, 6.45) is 0. The van der Waals surface area contributed by atoms with Crippen LogP contribution in [0.1, 0.15) is 30.5 Å². The Hall–Kier alpha value is -5.21. The molecule has 1 heterocycles. The second-order valence-electron chi connectivity index (χ2n) is 9.03. The highest BCUT2D eigenvalue weighted by Gasteiger charge is 2.20. The Morgan fingerprint density at radius 1 is 0.625 bits per heavy atom. The summed E-state index contributed by atoms with van der Waals surface area (Å²) >= 11 is 0. The molecule has 0 atom stereocenters. The molecule has 2 nitrogen and oxygen atoms in total. The van der Waals surface area contributed by atoms with E-state index in [1.807, 2.05) is 0 Å². The van der Waals surface area contributed by atoms with E-state index < -0.39 is 130 Å². The first-order chi connectivity index (χ1) is 27.2.